The molecular weight excluding hydrogens is 262 g/mol. The fraction of sp³-hybridized carbons (Fsp3) is 0.600. The number of rotatable bonds is 7. The summed E-state index contributed by atoms with van der Waals surface area (Å²) in [6, 6.07) is 4.03. The minimum Gasteiger partial charge on any atom is -0.493 e. The molecule has 0 aliphatic rings. The first-order chi connectivity index (χ1) is 8.97. The highest BCUT2D eigenvalue weighted by molar-refractivity contribution is 6.33. The van der Waals surface area contributed by atoms with Gasteiger partial charge in [0.1, 0.15) is 0 Å². The van der Waals surface area contributed by atoms with E-state index in [1.54, 1.807) is 20.3 Å². The largest absolute Gasteiger partial charge is 0.493 e. The molecule has 0 aromatic heterocycles. The summed E-state index contributed by atoms with van der Waals surface area (Å²) in [4.78, 5) is 0. The molecule has 0 saturated carbocycles. The van der Waals surface area contributed by atoms with Crippen LogP contribution in [0, 0.1) is 5.92 Å². The first-order valence-corrected chi connectivity index (χ1v) is 7.03. The van der Waals surface area contributed by atoms with E-state index in [9.17, 15) is 0 Å². The van der Waals surface area contributed by atoms with Gasteiger partial charge in [-0.15, -0.1) is 0 Å². The molecule has 1 aromatic carbocycles. The SMILES string of the molecule is COc1cc(Cl)c(NC(C)CCC(C)C)cc1OC. The zero-order valence-electron chi connectivity index (χ0n) is 12.4. The summed E-state index contributed by atoms with van der Waals surface area (Å²) < 4.78 is 10.5. The average Bonchev–Trinajstić information content (AvgIpc) is 2.38. The van der Waals surface area contributed by atoms with Crippen molar-refractivity contribution in [2.45, 2.75) is 39.7 Å². The minimum atomic E-state index is 0.373. The second kappa shape index (κ2) is 7.49. The van der Waals surface area contributed by atoms with Gasteiger partial charge in [0.25, 0.3) is 0 Å². The Hall–Kier alpha value is -1.09. The van der Waals surface area contributed by atoms with Crippen LogP contribution in [0.3, 0.4) is 0 Å². The number of methoxy groups -OCH3 is 2. The van der Waals surface area contributed by atoms with Crippen molar-refractivity contribution >= 4 is 17.3 Å². The second-order valence-electron chi connectivity index (χ2n) is 5.20. The number of nitrogens with one attached hydrogen (secondary N) is 1. The Morgan fingerprint density at radius 3 is 2.16 bits per heavy atom. The first-order valence-electron chi connectivity index (χ1n) is 6.66. The van der Waals surface area contributed by atoms with Gasteiger partial charge in [-0.2, -0.15) is 0 Å². The van der Waals surface area contributed by atoms with Gasteiger partial charge < -0.3 is 14.8 Å². The summed E-state index contributed by atoms with van der Waals surface area (Å²) in [6.07, 6.45) is 2.31. The lowest BCUT2D eigenvalue weighted by Crippen LogP contribution is -2.16. The monoisotopic (exact) mass is 285 g/mol. The molecule has 0 aliphatic heterocycles. The summed E-state index contributed by atoms with van der Waals surface area (Å²) in [5.41, 5.74) is 0.885. The van der Waals surface area contributed by atoms with Crippen LogP contribution in [0.4, 0.5) is 5.69 Å². The lowest BCUT2D eigenvalue weighted by atomic mass is 10.0. The average molecular weight is 286 g/mol. The molecule has 0 bridgehead atoms. The van der Waals surface area contributed by atoms with E-state index in [-0.39, 0.29) is 0 Å². The van der Waals surface area contributed by atoms with Gasteiger partial charge in [-0.1, -0.05) is 25.4 Å². The molecule has 3 nitrogen and oxygen atoms in total. The third kappa shape index (κ3) is 4.83. The highest BCUT2D eigenvalue weighted by Gasteiger charge is 2.12. The lowest BCUT2D eigenvalue weighted by molar-refractivity contribution is 0.355. The maximum atomic E-state index is 6.25. The Morgan fingerprint density at radius 1 is 1.05 bits per heavy atom. The maximum Gasteiger partial charge on any atom is 0.162 e. The Labute approximate surface area is 121 Å². The fourth-order valence-electron chi connectivity index (χ4n) is 1.89. The first kappa shape index (κ1) is 16.0. The van der Waals surface area contributed by atoms with Gasteiger partial charge in [-0.25, -0.2) is 0 Å². The Kier molecular flexibility index (Phi) is 6.29. The topological polar surface area (TPSA) is 30.5 Å². The zero-order valence-corrected chi connectivity index (χ0v) is 13.2. The molecular formula is C15H24ClNO2. The van der Waals surface area contributed by atoms with E-state index >= 15 is 0 Å². The van der Waals surface area contributed by atoms with Crippen LogP contribution in [0.1, 0.15) is 33.6 Å². The molecule has 1 rings (SSSR count). The van der Waals surface area contributed by atoms with Crippen LogP contribution >= 0.6 is 11.6 Å². The summed E-state index contributed by atoms with van der Waals surface area (Å²) in [5.74, 6) is 2.04. The van der Waals surface area contributed by atoms with Crippen molar-refractivity contribution < 1.29 is 9.47 Å². The third-order valence-corrected chi connectivity index (χ3v) is 3.36. The molecule has 0 fully saturated rings. The van der Waals surface area contributed by atoms with Gasteiger partial charge in [0.2, 0.25) is 0 Å². The van der Waals surface area contributed by atoms with Crippen molar-refractivity contribution in [3.05, 3.63) is 17.2 Å². The van der Waals surface area contributed by atoms with E-state index < -0.39 is 0 Å². The van der Waals surface area contributed by atoms with Gasteiger partial charge in [0.15, 0.2) is 11.5 Å². The van der Waals surface area contributed by atoms with E-state index in [1.807, 2.05) is 6.07 Å². The molecule has 1 aromatic rings. The molecule has 0 spiro atoms. The number of hydrogen-bond donors (Lipinski definition) is 1. The maximum absolute atomic E-state index is 6.25. The second-order valence-corrected chi connectivity index (χ2v) is 5.61. The van der Waals surface area contributed by atoms with Crippen LogP contribution in [-0.2, 0) is 0 Å². The number of anilines is 1. The van der Waals surface area contributed by atoms with Crippen molar-refractivity contribution in [3.63, 3.8) is 0 Å². The van der Waals surface area contributed by atoms with E-state index in [2.05, 4.69) is 26.1 Å². The van der Waals surface area contributed by atoms with E-state index in [1.165, 1.54) is 6.42 Å². The molecule has 108 valence electrons. The molecule has 19 heavy (non-hydrogen) atoms. The molecule has 1 atom stereocenters. The molecule has 4 heteroatoms. The summed E-state index contributed by atoms with van der Waals surface area (Å²) in [5, 5.41) is 4.07. The van der Waals surface area contributed by atoms with Crippen LogP contribution < -0.4 is 14.8 Å². The Morgan fingerprint density at radius 2 is 1.63 bits per heavy atom. The normalized spacial score (nSPS) is 12.4. The highest BCUT2D eigenvalue weighted by atomic mass is 35.5. The van der Waals surface area contributed by atoms with Crippen LogP contribution in [0.5, 0.6) is 11.5 Å². The predicted octanol–water partition coefficient (Wildman–Crippen LogP) is 4.59. The van der Waals surface area contributed by atoms with Crippen molar-refractivity contribution in [2.75, 3.05) is 19.5 Å². The number of ether oxygens (including phenoxy) is 2. The Balaban J connectivity index is 2.77. The van der Waals surface area contributed by atoms with Crippen LogP contribution in [-0.4, -0.2) is 20.3 Å². The van der Waals surface area contributed by atoms with Gasteiger partial charge in [-0.05, 0) is 25.7 Å². The van der Waals surface area contributed by atoms with E-state index in [4.69, 9.17) is 21.1 Å². The molecule has 0 amide bonds. The standard InChI is InChI=1S/C15H24ClNO2/c1-10(2)6-7-11(3)17-13-9-15(19-5)14(18-4)8-12(13)16/h8-11,17H,6-7H2,1-5H3. The van der Waals surface area contributed by atoms with Gasteiger partial charge in [0.05, 0.1) is 24.9 Å². The van der Waals surface area contributed by atoms with Gasteiger partial charge in [0, 0.05) is 18.2 Å². The van der Waals surface area contributed by atoms with Crippen molar-refractivity contribution in [2.24, 2.45) is 5.92 Å². The lowest BCUT2D eigenvalue weighted by Gasteiger charge is -2.19. The van der Waals surface area contributed by atoms with Crippen molar-refractivity contribution in [3.8, 4) is 11.5 Å². The Bertz CT molecular complexity index is 407. The summed E-state index contributed by atoms with van der Waals surface area (Å²) in [7, 11) is 3.23. The zero-order chi connectivity index (χ0) is 14.4. The summed E-state index contributed by atoms with van der Waals surface area (Å²) in [6.45, 7) is 6.63. The fourth-order valence-corrected chi connectivity index (χ4v) is 2.09. The molecule has 1 unspecified atom stereocenters. The van der Waals surface area contributed by atoms with Gasteiger partial charge in [-0.3, -0.25) is 0 Å². The minimum absolute atomic E-state index is 0.373. The molecule has 0 radical (unpaired) electrons. The molecule has 0 saturated heterocycles. The number of hydrogen-bond acceptors (Lipinski definition) is 3. The van der Waals surface area contributed by atoms with Gasteiger partial charge >= 0.3 is 0 Å². The van der Waals surface area contributed by atoms with Crippen LogP contribution in [0.15, 0.2) is 12.1 Å². The van der Waals surface area contributed by atoms with E-state index in [0.29, 0.717) is 28.5 Å². The van der Waals surface area contributed by atoms with Crippen LogP contribution in [0.25, 0.3) is 0 Å². The van der Waals surface area contributed by atoms with Crippen LogP contribution in [0.2, 0.25) is 5.02 Å². The highest BCUT2D eigenvalue weighted by Crippen LogP contribution is 2.36. The number of benzene rings is 1. The quantitative estimate of drug-likeness (QED) is 0.794. The molecule has 0 aliphatic carbocycles. The third-order valence-electron chi connectivity index (χ3n) is 3.05. The molecule has 1 N–H and O–H groups in total. The van der Waals surface area contributed by atoms with Crippen molar-refractivity contribution in [1.29, 1.82) is 0 Å². The predicted molar refractivity (Wildman–Crippen MR) is 81.7 cm³/mol. The van der Waals surface area contributed by atoms with Crippen molar-refractivity contribution in [1.82, 2.24) is 0 Å². The smallest absolute Gasteiger partial charge is 0.162 e. The summed E-state index contributed by atoms with van der Waals surface area (Å²) >= 11 is 6.25. The van der Waals surface area contributed by atoms with E-state index in [0.717, 1.165) is 12.1 Å². The molecule has 0 heterocycles. The number of halogens is 1.